The number of ketones is 1. The van der Waals surface area contributed by atoms with Gasteiger partial charge < -0.3 is 9.53 Å². The zero-order valence-electron chi connectivity index (χ0n) is 13.5. The largest absolute Gasteiger partial charge is 0.465 e. The highest BCUT2D eigenvalue weighted by atomic mass is 16.5. The van der Waals surface area contributed by atoms with E-state index in [1.165, 1.54) is 13.8 Å². The first-order chi connectivity index (χ1) is 10.9. The summed E-state index contributed by atoms with van der Waals surface area (Å²) < 4.78 is 5.04. The van der Waals surface area contributed by atoms with Crippen LogP contribution in [-0.2, 0) is 26.2 Å². The van der Waals surface area contributed by atoms with E-state index in [0.717, 1.165) is 5.56 Å². The number of carbonyl (C=O) groups is 2. The highest BCUT2D eigenvalue weighted by Gasteiger charge is 2.51. The molecule has 0 saturated heterocycles. The molecule has 0 fully saturated rings. The van der Waals surface area contributed by atoms with Crippen LogP contribution in [0.3, 0.4) is 0 Å². The Morgan fingerprint density at radius 3 is 2.65 bits per heavy atom. The summed E-state index contributed by atoms with van der Waals surface area (Å²) in [7, 11) is 0. The Morgan fingerprint density at radius 1 is 1.52 bits per heavy atom. The molecule has 0 spiro atoms. The molecule has 1 aromatic heterocycles. The summed E-state index contributed by atoms with van der Waals surface area (Å²) in [5.74, 6) is -0.561. The second-order valence-electron chi connectivity index (χ2n) is 5.34. The number of rotatable bonds is 7. The first-order valence-electron chi connectivity index (χ1n) is 7.28. The summed E-state index contributed by atoms with van der Waals surface area (Å²) in [4.78, 5) is 30.8. The van der Waals surface area contributed by atoms with Crippen LogP contribution in [0.25, 0.3) is 4.85 Å². The van der Waals surface area contributed by atoms with Crippen LogP contribution in [0.15, 0.2) is 18.3 Å². The molecule has 23 heavy (non-hydrogen) atoms. The average molecular weight is 313 g/mol. The van der Waals surface area contributed by atoms with Gasteiger partial charge >= 0.3 is 12.0 Å². The molecule has 6 heteroatoms. The van der Waals surface area contributed by atoms with Crippen LogP contribution in [0.2, 0.25) is 0 Å². The maximum atomic E-state index is 12.3. The van der Waals surface area contributed by atoms with E-state index in [4.69, 9.17) is 11.3 Å². The number of aryl methyl sites for hydroxylation is 1. The van der Waals surface area contributed by atoms with Gasteiger partial charge in [-0.2, -0.15) is 5.26 Å². The Kier molecular flexibility index (Phi) is 6.41. The Hall–Kier alpha value is -2.73. The maximum absolute atomic E-state index is 12.3. The Balaban J connectivity index is 3.18. The van der Waals surface area contributed by atoms with Crippen molar-refractivity contribution in [2.45, 2.75) is 45.1 Å². The summed E-state index contributed by atoms with van der Waals surface area (Å²) in [6, 6.07) is 3.98. The fourth-order valence-electron chi connectivity index (χ4n) is 2.12. The first kappa shape index (κ1) is 18.3. The predicted octanol–water partition coefficient (Wildman–Crippen LogP) is 2.24. The Labute approximate surface area is 135 Å². The van der Waals surface area contributed by atoms with E-state index in [2.05, 4.69) is 9.83 Å². The number of Topliss-reactive ketones (excluding diaryl/α,β-unsaturated/α-hetero) is 1. The smallest absolute Gasteiger partial charge is 0.328 e. The van der Waals surface area contributed by atoms with E-state index in [0.29, 0.717) is 18.5 Å². The first-order valence-corrected chi connectivity index (χ1v) is 7.28. The topological polar surface area (TPSA) is 84.4 Å². The standard InChI is InChI=1S/C17H19N3O3/c1-5-23-16(22)17(3,15(10-18)19-4)14-9-8-13(11-20-14)7-6-12(2)21/h8-9,11,15H,5-7H2,1-3H3. The number of ether oxygens (including phenoxy) is 1. The molecule has 6 nitrogen and oxygen atoms in total. The van der Waals surface area contributed by atoms with Crippen LogP contribution >= 0.6 is 0 Å². The number of hydrogen-bond acceptors (Lipinski definition) is 5. The molecule has 0 amide bonds. The third-order valence-corrected chi connectivity index (χ3v) is 3.62. The van der Waals surface area contributed by atoms with Crippen LogP contribution in [0, 0.1) is 17.9 Å². The van der Waals surface area contributed by atoms with Gasteiger partial charge in [0, 0.05) is 12.6 Å². The van der Waals surface area contributed by atoms with Crippen molar-refractivity contribution in [3.8, 4) is 6.07 Å². The third-order valence-electron chi connectivity index (χ3n) is 3.62. The number of nitriles is 1. The van der Waals surface area contributed by atoms with Crippen molar-refractivity contribution in [2.75, 3.05) is 6.61 Å². The third kappa shape index (κ3) is 4.14. The molecule has 0 aliphatic rings. The summed E-state index contributed by atoms with van der Waals surface area (Å²) in [5, 5.41) is 9.20. The number of hydrogen-bond donors (Lipinski definition) is 0. The van der Waals surface area contributed by atoms with Crippen LogP contribution < -0.4 is 0 Å². The molecule has 0 N–H and O–H groups in total. The van der Waals surface area contributed by atoms with E-state index < -0.39 is 17.4 Å². The lowest BCUT2D eigenvalue weighted by Crippen LogP contribution is -2.44. The van der Waals surface area contributed by atoms with Gasteiger partial charge in [0.2, 0.25) is 0 Å². The van der Waals surface area contributed by atoms with Gasteiger partial charge in [-0.05, 0) is 38.8 Å². The number of nitrogens with zero attached hydrogens (tertiary/aromatic N) is 3. The molecule has 1 aromatic rings. The van der Waals surface area contributed by atoms with E-state index >= 15 is 0 Å². The minimum absolute atomic E-state index is 0.0861. The van der Waals surface area contributed by atoms with Gasteiger partial charge in [0.05, 0.1) is 12.3 Å². The Bertz CT molecular complexity index is 641. The Morgan fingerprint density at radius 2 is 2.22 bits per heavy atom. The molecule has 2 unspecified atom stereocenters. The second-order valence-corrected chi connectivity index (χ2v) is 5.34. The number of carbonyl (C=O) groups excluding carboxylic acids is 2. The molecule has 120 valence electrons. The van der Waals surface area contributed by atoms with Crippen molar-refractivity contribution in [3.05, 3.63) is 41.0 Å². The lowest BCUT2D eigenvalue weighted by molar-refractivity contribution is -0.149. The van der Waals surface area contributed by atoms with Gasteiger partial charge in [0.1, 0.15) is 5.78 Å². The second kappa shape index (κ2) is 8.05. The van der Waals surface area contributed by atoms with E-state index in [1.54, 1.807) is 25.3 Å². The molecular formula is C17H19N3O3. The monoisotopic (exact) mass is 313 g/mol. The van der Waals surface area contributed by atoms with Crippen molar-refractivity contribution in [2.24, 2.45) is 0 Å². The summed E-state index contributed by atoms with van der Waals surface area (Å²) in [6.45, 7) is 12.0. The molecule has 2 atom stereocenters. The molecule has 1 heterocycles. The SMILES string of the molecule is [C-]#[N+]C(C#N)C(C)(C(=O)OCC)c1ccc(CCC(C)=O)cn1. The van der Waals surface area contributed by atoms with Crippen molar-refractivity contribution in [1.29, 1.82) is 5.26 Å². The lowest BCUT2D eigenvalue weighted by atomic mass is 9.79. The van der Waals surface area contributed by atoms with Gasteiger partial charge in [-0.1, -0.05) is 6.07 Å². The van der Waals surface area contributed by atoms with Crippen molar-refractivity contribution >= 4 is 11.8 Å². The minimum Gasteiger partial charge on any atom is -0.465 e. The molecular weight excluding hydrogens is 294 g/mol. The van der Waals surface area contributed by atoms with Crippen LogP contribution in [0.5, 0.6) is 0 Å². The van der Waals surface area contributed by atoms with Gasteiger partial charge in [0.25, 0.3) is 0 Å². The normalized spacial score (nSPS) is 14.0. The summed E-state index contributed by atoms with van der Waals surface area (Å²) in [6.07, 6.45) is 2.54. The average Bonchev–Trinajstić information content (AvgIpc) is 2.54. The zero-order chi connectivity index (χ0) is 17.5. The molecule has 0 saturated carbocycles. The van der Waals surface area contributed by atoms with E-state index in [1.807, 2.05) is 6.07 Å². The lowest BCUT2D eigenvalue weighted by Gasteiger charge is -2.24. The van der Waals surface area contributed by atoms with Crippen molar-refractivity contribution < 1.29 is 14.3 Å². The van der Waals surface area contributed by atoms with E-state index in [-0.39, 0.29) is 12.4 Å². The number of pyridine rings is 1. The number of aromatic nitrogens is 1. The summed E-state index contributed by atoms with van der Waals surface area (Å²) >= 11 is 0. The highest BCUT2D eigenvalue weighted by molar-refractivity contribution is 5.84. The highest BCUT2D eigenvalue weighted by Crippen LogP contribution is 2.30. The van der Waals surface area contributed by atoms with Gasteiger partial charge in [-0.3, -0.25) is 14.6 Å². The fraction of sp³-hybridized carbons (Fsp3) is 0.471. The molecule has 0 aliphatic carbocycles. The van der Waals surface area contributed by atoms with Crippen LogP contribution in [0.1, 0.15) is 38.4 Å². The van der Waals surface area contributed by atoms with Crippen molar-refractivity contribution in [3.63, 3.8) is 0 Å². The van der Waals surface area contributed by atoms with Gasteiger partial charge in [0.15, 0.2) is 11.5 Å². The summed E-state index contributed by atoms with van der Waals surface area (Å²) in [5.41, 5.74) is -0.289. The molecule has 0 radical (unpaired) electrons. The minimum atomic E-state index is -1.45. The van der Waals surface area contributed by atoms with Crippen molar-refractivity contribution in [1.82, 2.24) is 4.98 Å². The fourth-order valence-corrected chi connectivity index (χ4v) is 2.12. The quantitative estimate of drug-likeness (QED) is 0.569. The number of esters is 1. The molecule has 0 bridgehead atoms. The van der Waals surface area contributed by atoms with Gasteiger partial charge in [-0.15, -0.1) is 0 Å². The molecule has 0 aromatic carbocycles. The molecule has 0 aliphatic heterocycles. The van der Waals surface area contributed by atoms with Crippen LogP contribution in [-0.4, -0.2) is 29.4 Å². The maximum Gasteiger partial charge on any atom is 0.328 e. The van der Waals surface area contributed by atoms with Gasteiger partial charge in [-0.25, -0.2) is 6.57 Å². The molecule has 1 rings (SSSR count). The van der Waals surface area contributed by atoms with Crippen LogP contribution in [0.4, 0.5) is 0 Å². The van der Waals surface area contributed by atoms with E-state index in [9.17, 15) is 14.9 Å². The zero-order valence-corrected chi connectivity index (χ0v) is 13.5. The predicted molar refractivity (Wildman–Crippen MR) is 83.2 cm³/mol.